The van der Waals surface area contributed by atoms with Gasteiger partial charge in [0.2, 0.25) is 5.91 Å². The number of hydrogen-bond donors (Lipinski definition) is 1. The van der Waals surface area contributed by atoms with Gasteiger partial charge >= 0.3 is 0 Å². The molecule has 0 bridgehead atoms. The van der Waals surface area contributed by atoms with Crippen molar-refractivity contribution in [3.05, 3.63) is 17.5 Å². The molecule has 3 fully saturated rings. The Morgan fingerprint density at radius 1 is 1.00 bits per heavy atom. The number of carbonyl (C=O) groups is 2. The molecule has 0 aliphatic carbocycles. The van der Waals surface area contributed by atoms with Crippen molar-refractivity contribution in [3.8, 4) is 0 Å². The maximum atomic E-state index is 12.9. The van der Waals surface area contributed by atoms with Crippen LogP contribution in [0, 0.1) is 0 Å². The first-order valence-corrected chi connectivity index (χ1v) is 11.1. The quantitative estimate of drug-likeness (QED) is 0.823. The summed E-state index contributed by atoms with van der Waals surface area (Å²) in [6, 6.07) is 1.88. The molecule has 4 heterocycles. The highest BCUT2D eigenvalue weighted by molar-refractivity contribution is 5.92. The van der Waals surface area contributed by atoms with E-state index in [4.69, 9.17) is 4.74 Å². The Labute approximate surface area is 172 Å². The summed E-state index contributed by atoms with van der Waals surface area (Å²) in [7, 11) is 0. The van der Waals surface area contributed by atoms with Gasteiger partial charge in [0, 0.05) is 37.8 Å². The fraction of sp³-hybridized carbons (Fsp3) is 0.762. The molecule has 29 heavy (non-hydrogen) atoms. The molecule has 0 saturated carbocycles. The molecule has 1 atom stereocenters. The fourth-order valence-corrected chi connectivity index (χ4v) is 4.63. The molecule has 8 nitrogen and oxygen atoms in total. The lowest BCUT2D eigenvalue weighted by Gasteiger charge is -2.33. The smallest absolute Gasteiger partial charge is 0.274 e. The summed E-state index contributed by atoms with van der Waals surface area (Å²) >= 11 is 0. The first-order valence-electron chi connectivity index (χ1n) is 11.1. The third-order valence-corrected chi connectivity index (χ3v) is 6.39. The van der Waals surface area contributed by atoms with E-state index in [1.807, 2.05) is 11.0 Å². The van der Waals surface area contributed by atoms with Crippen LogP contribution < -0.4 is 0 Å². The van der Waals surface area contributed by atoms with Gasteiger partial charge in [0.15, 0.2) is 0 Å². The summed E-state index contributed by atoms with van der Waals surface area (Å²) in [4.78, 5) is 31.6. The van der Waals surface area contributed by atoms with E-state index in [9.17, 15) is 9.59 Å². The maximum absolute atomic E-state index is 12.9. The highest BCUT2D eigenvalue weighted by Crippen LogP contribution is 2.26. The highest BCUT2D eigenvalue weighted by atomic mass is 16.5. The summed E-state index contributed by atoms with van der Waals surface area (Å²) in [5, 5.41) is 7.34. The average Bonchev–Trinajstić information content (AvgIpc) is 3.12. The topological polar surface area (TPSA) is 81.8 Å². The van der Waals surface area contributed by atoms with Crippen molar-refractivity contribution in [2.75, 3.05) is 59.0 Å². The number of hydrogen-bond acceptors (Lipinski definition) is 5. The van der Waals surface area contributed by atoms with Crippen LogP contribution in [0.15, 0.2) is 6.07 Å². The minimum Gasteiger partial charge on any atom is -0.378 e. The normalized spacial score (nSPS) is 24.3. The van der Waals surface area contributed by atoms with Crippen molar-refractivity contribution < 1.29 is 14.3 Å². The van der Waals surface area contributed by atoms with Gasteiger partial charge in [0.25, 0.3) is 5.91 Å². The Kier molecular flexibility index (Phi) is 6.82. The first kappa shape index (κ1) is 20.3. The van der Waals surface area contributed by atoms with Crippen molar-refractivity contribution in [1.29, 1.82) is 0 Å². The predicted octanol–water partition coefficient (Wildman–Crippen LogP) is 1.46. The van der Waals surface area contributed by atoms with E-state index < -0.39 is 0 Å². The number of ether oxygens (including phenoxy) is 1. The number of likely N-dealkylation sites (tertiary alicyclic amines) is 2. The molecular formula is C21H33N5O3. The molecule has 3 saturated heterocycles. The summed E-state index contributed by atoms with van der Waals surface area (Å²) in [5.74, 6) is 0.414. The van der Waals surface area contributed by atoms with Gasteiger partial charge in [0.1, 0.15) is 5.69 Å². The van der Waals surface area contributed by atoms with Gasteiger partial charge < -0.3 is 14.5 Å². The third kappa shape index (κ3) is 5.17. The van der Waals surface area contributed by atoms with Crippen molar-refractivity contribution in [2.45, 2.75) is 44.4 Å². The van der Waals surface area contributed by atoms with Crippen LogP contribution in [0.5, 0.6) is 0 Å². The van der Waals surface area contributed by atoms with Gasteiger partial charge in [-0.25, -0.2) is 0 Å². The highest BCUT2D eigenvalue weighted by Gasteiger charge is 2.28. The van der Waals surface area contributed by atoms with Gasteiger partial charge in [-0.1, -0.05) is 12.8 Å². The van der Waals surface area contributed by atoms with Crippen LogP contribution in [0.4, 0.5) is 0 Å². The third-order valence-electron chi connectivity index (χ3n) is 6.39. The molecule has 0 aromatic carbocycles. The second-order valence-corrected chi connectivity index (χ2v) is 8.48. The second kappa shape index (κ2) is 9.71. The molecule has 0 spiro atoms. The Hall–Kier alpha value is -1.93. The standard InChI is InChI=1S/C21H33N5O3/c27-20(16-24-7-3-1-2-4-8-24)26-9-5-6-17(15-26)18-14-19(23-22-18)21(28)25-10-12-29-13-11-25/h14,17H,1-13,15-16H2,(H,22,23)/t17-/m1/s1. The van der Waals surface area contributed by atoms with Gasteiger partial charge in [-0.05, 0) is 44.8 Å². The number of aromatic amines is 1. The summed E-state index contributed by atoms with van der Waals surface area (Å²) in [6.07, 6.45) is 6.96. The predicted molar refractivity (Wildman–Crippen MR) is 109 cm³/mol. The SMILES string of the molecule is O=C(CN1CCCCCC1)N1CCC[C@@H](c2cc(C(=O)N3CCOCC3)n[nH]2)C1. The van der Waals surface area contributed by atoms with E-state index in [0.29, 0.717) is 45.1 Å². The van der Waals surface area contributed by atoms with E-state index >= 15 is 0 Å². The number of rotatable bonds is 4. The number of amides is 2. The Morgan fingerprint density at radius 3 is 2.52 bits per heavy atom. The molecule has 1 N–H and O–H groups in total. The first-order chi connectivity index (χ1) is 14.2. The number of carbonyl (C=O) groups excluding carboxylic acids is 2. The van der Waals surface area contributed by atoms with Gasteiger partial charge in [0.05, 0.1) is 19.8 Å². The molecule has 3 aliphatic heterocycles. The van der Waals surface area contributed by atoms with Crippen molar-refractivity contribution in [1.82, 2.24) is 24.9 Å². The van der Waals surface area contributed by atoms with E-state index in [0.717, 1.165) is 38.2 Å². The number of nitrogens with one attached hydrogen (secondary N) is 1. The van der Waals surface area contributed by atoms with E-state index in [-0.39, 0.29) is 17.7 Å². The number of morpholine rings is 1. The van der Waals surface area contributed by atoms with Crippen LogP contribution in [-0.4, -0.2) is 95.7 Å². The van der Waals surface area contributed by atoms with Crippen LogP contribution in [0.1, 0.15) is 60.6 Å². The molecule has 1 aromatic heterocycles. The largest absolute Gasteiger partial charge is 0.378 e. The lowest BCUT2D eigenvalue weighted by atomic mass is 9.94. The molecule has 4 rings (SSSR count). The van der Waals surface area contributed by atoms with Gasteiger partial charge in [-0.3, -0.25) is 19.6 Å². The number of piperidine rings is 1. The van der Waals surface area contributed by atoms with Crippen LogP contribution in [0.2, 0.25) is 0 Å². The molecule has 1 aromatic rings. The fourth-order valence-electron chi connectivity index (χ4n) is 4.63. The minimum absolute atomic E-state index is 0.0410. The van der Waals surface area contributed by atoms with E-state index in [1.54, 1.807) is 4.90 Å². The monoisotopic (exact) mass is 403 g/mol. The number of aromatic nitrogens is 2. The van der Waals surface area contributed by atoms with Crippen molar-refractivity contribution in [3.63, 3.8) is 0 Å². The Balaban J connectivity index is 1.34. The maximum Gasteiger partial charge on any atom is 0.274 e. The molecule has 160 valence electrons. The van der Waals surface area contributed by atoms with Crippen molar-refractivity contribution in [2.24, 2.45) is 0 Å². The Morgan fingerprint density at radius 2 is 1.76 bits per heavy atom. The summed E-state index contributed by atoms with van der Waals surface area (Å²) in [6.45, 7) is 6.55. The van der Waals surface area contributed by atoms with Gasteiger partial charge in [-0.15, -0.1) is 0 Å². The van der Waals surface area contributed by atoms with Crippen LogP contribution >= 0.6 is 0 Å². The number of H-pyrrole nitrogens is 1. The average molecular weight is 404 g/mol. The van der Waals surface area contributed by atoms with Crippen LogP contribution in [0.25, 0.3) is 0 Å². The molecular weight excluding hydrogens is 370 g/mol. The van der Waals surface area contributed by atoms with E-state index in [2.05, 4.69) is 15.1 Å². The number of nitrogens with zero attached hydrogens (tertiary/aromatic N) is 4. The van der Waals surface area contributed by atoms with Crippen molar-refractivity contribution >= 4 is 11.8 Å². The van der Waals surface area contributed by atoms with E-state index in [1.165, 1.54) is 25.7 Å². The van der Waals surface area contributed by atoms with Crippen LogP contribution in [0.3, 0.4) is 0 Å². The Bertz CT molecular complexity index is 692. The lowest BCUT2D eigenvalue weighted by molar-refractivity contribution is -0.133. The molecule has 0 radical (unpaired) electrons. The summed E-state index contributed by atoms with van der Waals surface area (Å²) in [5.41, 5.74) is 1.43. The molecule has 2 amide bonds. The zero-order chi connectivity index (χ0) is 20.1. The molecule has 0 unspecified atom stereocenters. The zero-order valence-corrected chi connectivity index (χ0v) is 17.3. The second-order valence-electron chi connectivity index (χ2n) is 8.48. The summed E-state index contributed by atoms with van der Waals surface area (Å²) < 4.78 is 5.32. The minimum atomic E-state index is -0.0410. The molecule has 3 aliphatic rings. The lowest BCUT2D eigenvalue weighted by Crippen LogP contribution is -2.45. The van der Waals surface area contributed by atoms with Gasteiger partial charge in [-0.2, -0.15) is 5.10 Å². The zero-order valence-electron chi connectivity index (χ0n) is 17.3. The van der Waals surface area contributed by atoms with Crippen LogP contribution in [-0.2, 0) is 9.53 Å². The molecule has 8 heteroatoms.